The third kappa shape index (κ3) is 5.38. The fraction of sp³-hybridized carbons (Fsp3) is 0.333. The topological polar surface area (TPSA) is 41.2 Å². The van der Waals surface area contributed by atoms with E-state index in [-0.39, 0.29) is 0 Å². The third-order valence-electron chi connectivity index (χ3n) is 3.56. The molecule has 0 amide bonds. The molecule has 1 heterocycles. The number of hydrogen-bond acceptors (Lipinski definition) is 1. The Morgan fingerprint density at radius 3 is 2.24 bits per heavy atom. The van der Waals surface area contributed by atoms with Gasteiger partial charge in [0.25, 0.3) is 0 Å². The fourth-order valence-electron chi connectivity index (χ4n) is 2.36. The van der Waals surface area contributed by atoms with E-state index in [2.05, 4.69) is 28.8 Å². The molecule has 0 aliphatic heterocycles. The summed E-state index contributed by atoms with van der Waals surface area (Å²) in [5.74, 6) is -0.691. The molecule has 0 saturated carbocycles. The Bertz CT molecular complexity index is 549. The lowest BCUT2D eigenvalue weighted by atomic mass is 10.1. The second-order valence-electron chi connectivity index (χ2n) is 5.26. The number of aliphatic carboxylic acids is 1. The smallest absolute Gasteiger partial charge is 0.303 e. The Morgan fingerprint density at radius 2 is 1.57 bits per heavy atom. The lowest BCUT2D eigenvalue weighted by Gasteiger charge is -2.02. The first-order chi connectivity index (χ1) is 10.3. The van der Waals surface area contributed by atoms with Crippen molar-refractivity contribution in [3.63, 3.8) is 0 Å². The van der Waals surface area contributed by atoms with Crippen LogP contribution in [0.3, 0.4) is 0 Å². The maximum Gasteiger partial charge on any atom is 0.303 e. The molecule has 0 radical (unpaired) electrons. The molecule has 1 aromatic heterocycles. The van der Waals surface area contributed by atoms with Crippen molar-refractivity contribution in [3.05, 3.63) is 60.4 Å². The van der Waals surface area contributed by atoms with Crippen molar-refractivity contribution in [3.8, 4) is 5.69 Å². The van der Waals surface area contributed by atoms with Crippen molar-refractivity contribution >= 4 is 5.97 Å². The van der Waals surface area contributed by atoms with Crippen LogP contribution in [-0.2, 0) is 11.2 Å². The second kappa shape index (κ2) is 8.20. The number of carboxylic acid groups (broad SMARTS) is 1. The Kier molecular flexibility index (Phi) is 5.95. The number of unbranched alkanes of at least 4 members (excludes halogenated alkanes) is 3. The van der Waals surface area contributed by atoms with Crippen molar-refractivity contribution < 1.29 is 14.5 Å². The molecule has 21 heavy (non-hydrogen) atoms. The van der Waals surface area contributed by atoms with E-state index in [1.54, 1.807) is 0 Å². The van der Waals surface area contributed by atoms with E-state index in [1.165, 1.54) is 11.3 Å². The second-order valence-corrected chi connectivity index (χ2v) is 5.26. The van der Waals surface area contributed by atoms with Gasteiger partial charge >= 0.3 is 5.97 Å². The minimum atomic E-state index is -0.691. The van der Waals surface area contributed by atoms with Crippen LogP contribution in [0.5, 0.6) is 0 Å². The van der Waals surface area contributed by atoms with Gasteiger partial charge in [-0.05, 0) is 24.8 Å². The van der Waals surface area contributed by atoms with Gasteiger partial charge in [0.2, 0.25) is 5.69 Å². The number of hydrogen-bond donors (Lipinski definition) is 1. The number of carboxylic acids is 1. The summed E-state index contributed by atoms with van der Waals surface area (Å²) in [5, 5.41) is 8.57. The van der Waals surface area contributed by atoms with Crippen molar-refractivity contribution in [2.24, 2.45) is 0 Å². The molecule has 0 saturated heterocycles. The molecule has 2 aromatic rings. The first-order valence-electron chi connectivity index (χ1n) is 7.53. The Morgan fingerprint density at radius 1 is 0.905 bits per heavy atom. The van der Waals surface area contributed by atoms with Crippen molar-refractivity contribution in [2.45, 2.75) is 38.5 Å². The van der Waals surface area contributed by atoms with E-state index in [9.17, 15) is 4.79 Å². The predicted octanol–water partition coefficient (Wildman–Crippen LogP) is 3.54. The van der Waals surface area contributed by atoms with E-state index in [4.69, 9.17) is 5.11 Å². The average molecular weight is 284 g/mol. The normalized spacial score (nSPS) is 10.5. The summed E-state index contributed by atoms with van der Waals surface area (Å²) in [7, 11) is 0. The Hall–Kier alpha value is -2.16. The zero-order valence-electron chi connectivity index (χ0n) is 12.2. The van der Waals surface area contributed by atoms with Crippen LogP contribution in [0.15, 0.2) is 54.9 Å². The summed E-state index contributed by atoms with van der Waals surface area (Å²) in [6.45, 7) is 0. The van der Waals surface area contributed by atoms with Gasteiger partial charge in [0, 0.05) is 30.7 Å². The molecule has 0 unspecified atom stereocenters. The van der Waals surface area contributed by atoms with Crippen LogP contribution in [0.1, 0.15) is 37.7 Å². The van der Waals surface area contributed by atoms with E-state index in [0.29, 0.717) is 6.42 Å². The Balaban J connectivity index is 1.74. The minimum absolute atomic E-state index is 0.295. The maximum atomic E-state index is 10.4. The van der Waals surface area contributed by atoms with Gasteiger partial charge in [0.05, 0.1) is 0 Å². The highest BCUT2D eigenvalue weighted by Crippen LogP contribution is 2.10. The molecule has 0 bridgehead atoms. The quantitative estimate of drug-likeness (QED) is 0.595. The molecular weight excluding hydrogens is 262 g/mol. The molecule has 0 aliphatic rings. The van der Waals surface area contributed by atoms with Gasteiger partial charge < -0.3 is 5.11 Å². The van der Waals surface area contributed by atoms with Crippen LogP contribution in [0.2, 0.25) is 0 Å². The highest BCUT2D eigenvalue weighted by Gasteiger charge is 2.03. The molecule has 0 fully saturated rings. The molecule has 0 spiro atoms. The lowest BCUT2D eigenvalue weighted by molar-refractivity contribution is -0.595. The van der Waals surface area contributed by atoms with Gasteiger partial charge in [-0.3, -0.25) is 4.79 Å². The summed E-state index contributed by atoms with van der Waals surface area (Å²) in [4.78, 5) is 10.4. The van der Waals surface area contributed by atoms with Gasteiger partial charge in [-0.25, -0.2) is 0 Å². The molecule has 2 rings (SSSR count). The van der Waals surface area contributed by atoms with Crippen LogP contribution in [0.4, 0.5) is 0 Å². The van der Waals surface area contributed by atoms with Crippen molar-refractivity contribution in [2.75, 3.05) is 0 Å². The summed E-state index contributed by atoms with van der Waals surface area (Å²) >= 11 is 0. The van der Waals surface area contributed by atoms with E-state index < -0.39 is 5.97 Å². The zero-order valence-corrected chi connectivity index (χ0v) is 12.2. The van der Waals surface area contributed by atoms with Gasteiger partial charge in [-0.2, -0.15) is 4.57 Å². The van der Waals surface area contributed by atoms with Gasteiger partial charge in [-0.1, -0.05) is 31.0 Å². The number of benzene rings is 1. The average Bonchev–Trinajstić information content (AvgIpc) is 2.52. The van der Waals surface area contributed by atoms with E-state index in [0.717, 1.165) is 32.1 Å². The van der Waals surface area contributed by atoms with Crippen molar-refractivity contribution in [1.82, 2.24) is 0 Å². The summed E-state index contributed by atoms with van der Waals surface area (Å²) in [6, 6.07) is 14.7. The number of carbonyl (C=O) groups is 1. The summed E-state index contributed by atoms with van der Waals surface area (Å²) < 4.78 is 2.09. The largest absolute Gasteiger partial charge is 0.481 e. The lowest BCUT2D eigenvalue weighted by Crippen LogP contribution is -2.28. The number of aryl methyl sites for hydroxylation is 1. The minimum Gasteiger partial charge on any atom is -0.481 e. The molecule has 1 N–H and O–H groups in total. The number of nitrogens with zero attached hydrogens (tertiary/aromatic N) is 1. The van der Waals surface area contributed by atoms with Gasteiger partial charge in [-0.15, -0.1) is 0 Å². The molecular formula is C18H22NO2+. The number of pyridine rings is 1. The maximum absolute atomic E-state index is 10.4. The molecule has 110 valence electrons. The van der Waals surface area contributed by atoms with Crippen LogP contribution in [0.25, 0.3) is 5.69 Å². The monoisotopic (exact) mass is 284 g/mol. The first-order valence-corrected chi connectivity index (χ1v) is 7.53. The Labute approximate surface area is 125 Å². The van der Waals surface area contributed by atoms with Crippen molar-refractivity contribution in [1.29, 1.82) is 0 Å². The highest BCUT2D eigenvalue weighted by molar-refractivity contribution is 5.66. The first kappa shape index (κ1) is 15.2. The van der Waals surface area contributed by atoms with Crippen LogP contribution in [-0.4, -0.2) is 11.1 Å². The van der Waals surface area contributed by atoms with Gasteiger partial charge in [0.1, 0.15) is 0 Å². The molecule has 3 heteroatoms. The standard InChI is InChI=1S/C18H21NO2/c20-18(21)9-5-2-1-4-8-16-10-12-17(13-11-16)19-14-6-3-7-15-19/h3,6-7,10-15H,1-2,4-5,8-9H2/p+1. The number of aromatic nitrogens is 1. The van der Waals surface area contributed by atoms with Crippen LogP contribution in [0, 0.1) is 0 Å². The SMILES string of the molecule is O=C(O)CCCCCCc1ccc(-[n+]2ccccc2)cc1. The fourth-order valence-corrected chi connectivity index (χ4v) is 2.36. The highest BCUT2D eigenvalue weighted by atomic mass is 16.4. The molecule has 0 atom stereocenters. The van der Waals surface area contributed by atoms with E-state index in [1.807, 2.05) is 30.6 Å². The third-order valence-corrected chi connectivity index (χ3v) is 3.56. The van der Waals surface area contributed by atoms with Crippen LogP contribution >= 0.6 is 0 Å². The zero-order chi connectivity index (χ0) is 14.9. The van der Waals surface area contributed by atoms with E-state index >= 15 is 0 Å². The predicted molar refractivity (Wildman–Crippen MR) is 82.4 cm³/mol. The van der Waals surface area contributed by atoms with Gasteiger partial charge in [0.15, 0.2) is 12.4 Å². The summed E-state index contributed by atoms with van der Waals surface area (Å²) in [5.41, 5.74) is 2.51. The molecule has 1 aromatic carbocycles. The molecule has 3 nitrogen and oxygen atoms in total. The molecule has 0 aliphatic carbocycles. The van der Waals surface area contributed by atoms with Crippen LogP contribution < -0.4 is 4.57 Å². The number of rotatable bonds is 8. The summed E-state index contributed by atoms with van der Waals surface area (Å²) in [6.07, 6.45) is 9.45.